The van der Waals surface area contributed by atoms with Gasteiger partial charge in [0.15, 0.2) is 0 Å². The van der Waals surface area contributed by atoms with Crippen molar-refractivity contribution in [2.45, 2.75) is 33.2 Å². The highest BCUT2D eigenvalue weighted by Gasteiger charge is 2.24. The van der Waals surface area contributed by atoms with Crippen LogP contribution < -0.4 is 4.74 Å². The Labute approximate surface area is 132 Å². The second-order valence-electron chi connectivity index (χ2n) is 6.48. The first-order valence-corrected chi connectivity index (χ1v) is 7.83. The van der Waals surface area contributed by atoms with Crippen LogP contribution in [0, 0.1) is 20.8 Å². The molecule has 3 nitrogen and oxygen atoms in total. The molecule has 0 fully saturated rings. The van der Waals surface area contributed by atoms with Crippen molar-refractivity contribution in [3.63, 3.8) is 0 Å². The number of ether oxygens (including phenoxy) is 1. The monoisotopic (exact) mass is 296 g/mol. The summed E-state index contributed by atoms with van der Waals surface area (Å²) in [5.74, 6) is 0.811. The van der Waals surface area contributed by atoms with Crippen molar-refractivity contribution in [1.82, 2.24) is 9.88 Å². The van der Waals surface area contributed by atoms with Crippen LogP contribution in [-0.2, 0) is 6.42 Å². The van der Waals surface area contributed by atoms with Crippen LogP contribution in [0.4, 0.5) is 0 Å². The molecular formula is C19H24N2O. The van der Waals surface area contributed by atoms with Crippen molar-refractivity contribution in [3.8, 4) is 17.0 Å². The van der Waals surface area contributed by atoms with Crippen molar-refractivity contribution >= 4 is 0 Å². The molecule has 0 spiro atoms. The van der Waals surface area contributed by atoms with Gasteiger partial charge in [0.05, 0.1) is 0 Å². The van der Waals surface area contributed by atoms with Gasteiger partial charge in [-0.15, -0.1) is 0 Å². The third-order valence-corrected chi connectivity index (χ3v) is 4.60. The Morgan fingerprint density at radius 1 is 1.14 bits per heavy atom. The molecule has 0 saturated heterocycles. The summed E-state index contributed by atoms with van der Waals surface area (Å²) >= 11 is 0. The van der Waals surface area contributed by atoms with E-state index in [0.29, 0.717) is 6.04 Å². The maximum atomic E-state index is 5.88. The van der Waals surface area contributed by atoms with Gasteiger partial charge in [-0.05, 0) is 64.0 Å². The van der Waals surface area contributed by atoms with Gasteiger partial charge in [0, 0.05) is 22.9 Å². The molecule has 22 heavy (non-hydrogen) atoms. The Balaban J connectivity index is 2.09. The largest absolute Gasteiger partial charge is 0.476 e. The van der Waals surface area contributed by atoms with Crippen LogP contribution in [0.25, 0.3) is 11.1 Å². The van der Waals surface area contributed by atoms with Crippen LogP contribution in [0.5, 0.6) is 5.88 Å². The van der Waals surface area contributed by atoms with Crippen molar-refractivity contribution in [2.24, 2.45) is 0 Å². The Hall–Kier alpha value is -1.87. The quantitative estimate of drug-likeness (QED) is 0.847. The molecule has 116 valence electrons. The van der Waals surface area contributed by atoms with Gasteiger partial charge in [-0.25, -0.2) is 4.98 Å². The van der Waals surface area contributed by atoms with Crippen LogP contribution in [0.15, 0.2) is 24.3 Å². The van der Waals surface area contributed by atoms with E-state index in [4.69, 9.17) is 9.72 Å². The molecule has 1 unspecified atom stereocenters. The molecule has 3 rings (SSSR count). The van der Waals surface area contributed by atoms with E-state index in [9.17, 15) is 0 Å². The van der Waals surface area contributed by atoms with Gasteiger partial charge < -0.3 is 9.64 Å². The minimum absolute atomic E-state index is 0.419. The van der Waals surface area contributed by atoms with Gasteiger partial charge in [0.2, 0.25) is 5.88 Å². The number of aromatic nitrogens is 1. The van der Waals surface area contributed by atoms with Crippen LogP contribution in [0.2, 0.25) is 0 Å². The Morgan fingerprint density at radius 2 is 1.82 bits per heavy atom. The molecule has 0 aliphatic carbocycles. The minimum atomic E-state index is 0.419. The summed E-state index contributed by atoms with van der Waals surface area (Å²) in [6.07, 6.45) is 0.994. The fourth-order valence-corrected chi connectivity index (χ4v) is 3.21. The number of pyridine rings is 1. The molecule has 0 bridgehead atoms. The Kier molecular flexibility index (Phi) is 3.92. The standard InChI is InChI=1S/C19H24N2O/c1-12-7-6-8-13(2)18(12)17-10-15-9-16(21(4)5)11-22-19(15)20-14(17)3/h6-8,10,16H,9,11H2,1-5H3. The first-order chi connectivity index (χ1) is 10.5. The van der Waals surface area contributed by atoms with Crippen LogP contribution >= 0.6 is 0 Å². The van der Waals surface area contributed by atoms with E-state index in [0.717, 1.165) is 24.6 Å². The summed E-state index contributed by atoms with van der Waals surface area (Å²) in [5.41, 5.74) is 7.39. The van der Waals surface area contributed by atoms with E-state index in [1.54, 1.807) is 0 Å². The first kappa shape index (κ1) is 15.0. The number of hydrogen-bond acceptors (Lipinski definition) is 3. The number of fused-ring (bicyclic) bond motifs is 1. The number of aryl methyl sites for hydroxylation is 3. The SMILES string of the molecule is Cc1cccc(C)c1-c1cc2c(nc1C)OCC(N(C)C)C2. The summed E-state index contributed by atoms with van der Waals surface area (Å²) < 4.78 is 5.88. The Morgan fingerprint density at radius 3 is 2.45 bits per heavy atom. The van der Waals surface area contributed by atoms with E-state index >= 15 is 0 Å². The van der Waals surface area contributed by atoms with Crippen molar-refractivity contribution in [1.29, 1.82) is 0 Å². The number of benzene rings is 1. The van der Waals surface area contributed by atoms with Gasteiger partial charge in [-0.3, -0.25) is 0 Å². The molecule has 0 saturated carbocycles. The van der Waals surface area contributed by atoms with Crippen molar-refractivity contribution in [3.05, 3.63) is 46.6 Å². The van der Waals surface area contributed by atoms with Crippen LogP contribution in [0.3, 0.4) is 0 Å². The maximum absolute atomic E-state index is 5.88. The molecule has 1 aromatic heterocycles. The maximum Gasteiger partial charge on any atom is 0.216 e. The zero-order valence-electron chi connectivity index (χ0n) is 14.1. The van der Waals surface area contributed by atoms with Crippen molar-refractivity contribution < 1.29 is 4.74 Å². The highest BCUT2D eigenvalue weighted by Crippen LogP contribution is 2.34. The predicted octanol–water partition coefficient (Wildman–Crippen LogP) is 3.54. The second-order valence-corrected chi connectivity index (χ2v) is 6.48. The summed E-state index contributed by atoms with van der Waals surface area (Å²) in [4.78, 5) is 6.95. The lowest BCUT2D eigenvalue weighted by atomic mass is 9.92. The van der Waals surface area contributed by atoms with Crippen molar-refractivity contribution in [2.75, 3.05) is 20.7 Å². The summed E-state index contributed by atoms with van der Waals surface area (Å²) in [6.45, 7) is 7.12. The van der Waals surface area contributed by atoms with E-state index in [-0.39, 0.29) is 0 Å². The molecule has 2 heterocycles. The number of nitrogens with zero attached hydrogens (tertiary/aromatic N) is 2. The van der Waals surface area contributed by atoms with E-state index in [1.807, 2.05) is 0 Å². The zero-order chi connectivity index (χ0) is 15.9. The smallest absolute Gasteiger partial charge is 0.216 e. The average Bonchev–Trinajstić information content (AvgIpc) is 2.47. The topological polar surface area (TPSA) is 25.4 Å². The van der Waals surface area contributed by atoms with E-state index in [2.05, 4.69) is 64.0 Å². The molecule has 0 N–H and O–H groups in total. The second kappa shape index (κ2) is 5.73. The summed E-state index contributed by atoms with van der Waals surface area (Å²) in [7, 11) is 4.21. The lowest BCUT2D eigenvalue weighted by Gasteiger charge is -2.30. The highest BCUT2D eigenvalue weighted by atomic mass is 16.5. The van der Waals surface area contributed by atoms with E-state index < -0.39 is 0 Å². The van der Waals surface area contributed by atoms with Gasteiger partial charge in [0.1, 0.15) is 6.61 Å². The number of rotatable bonds is 2. The lowest BCUT2D eigenvalue weighted by molar-refractivity contribution is 0.159. The number of hydrogen-bond donors (Lipinski definition) is 0. The molecule has 1 aromatic carbocycles. The third-order valence-electron chi connectivity index (χ3n) is 4.60. The lowest BCUT2D eigenvalue weighted by Crippen LogP contribution is -2.38. The summed E-state index contributed by atoms with van der Waals surface area (Å²) in [6, 6.07) is 9.15. The Bertz CT molecular complexity index is 687. The molecule has 1 aliphatic heterocycles. The minimum Gasteiger partial charge on any atom is -0.476 e. The molecule has 2 aromatic rings. The van der Waals surface area contributed by atoms with Gasteiger partial charge in [0.25, 0.3) is 0 Å². The molecule has 0 radical (unpaired) electrons. The normalized spacial score (nSPS) is 17.3. The first-order valence-electron chi connectivity index (χ1n) is 7.83. The average molecular weight is 296 g/mol. The summed E-state index contributed by atoms with van der Waals surface area (Å²) in [5, 5.41) is 0. The van der Waals surface area contributed by atoms with Gasteiger partial charge >= 0.3 is 0 Å². The third kappa shape index (κ3) is 2.61. The fourth-order valence-electron chi connectivity index (χ4n) is 3.21. The van der Waals surface area contributed by atoms with Gasteiger partial charge in [-0.1, -0.05) is 18.2 Å². The predicted molar refractivity (Wildman–Crippen MR) is 90.6 cm³/mol. The fraction of sp³-hybridized carbons (Fsp3) is 0.421. The van der Waals surface area contributed by atoms with Crippen LogP contribution in [-0.4, -0.2) is 36.6 Å². The van der Waals surface area contributed by atoms with E-state index in [1.165, 1.54) is 27.8 Å². The van der Waals surface area contributed by atoms with Crippen LogP contribution in [0.1, 0.15) is 22.4 Å². The zero-order valence-corrected chi connectivity index (χ0v) is 14.1. The number of likely N-dealkylation sites (N-methyl/N-ethyl adjacent to an activating group) is 1. The highest BCUT2D eigenvalue weighted by molar-refractivity contribution is 5.73. The molecule has 1 atom stereocenters. The van der Waals surface area contributed by atoms with Gasteiger partial charge in [-0.2, -0.15) is 0 Å². The molecule has 1 aliphatic rings. The molecule has 0 amide bonds. The molecule has 3 heteroatoms. The molecular weight excluding hydrogens is 272 g/mol.